The number of aryl methyl sites for hydroxylation is 1. The first kappa shape index (κ1) is 14.9. The van der Waals surface area contributed by atoms with Crippen LogP contribution in [0, 0.1) is 6.92 Å². The number of nitrogens with one attached hydrogen (secondary N) is 1. The van der Waals surface area contributed by atoms with Crippen LogP contribution in [0.1, 0.15) is 38.2 Å². The third kappa shape index (κ3) is 3.97. The first-order chi connectivity index (χ1) is 9.56. The van der Waals surface area contributed by atoms with Crippen LogP contribution in [0.3, 0.4) is 0 Å². The third-order valence-corrected chi connectivity index (χ3v) is 3.80. The van der Waals surface area contributed by atoms with Gasteiger partial charge in [-0.25, -0.2) is 4.79 Å². The van der Waals surface area contributed by atoms with Crippen molar-refractivity contribution in [1.29, 1.82) is 0 Å². The molecule has 2 unspecified atom stereocenters. The molecule has 4 heteroatoms. The summed E-state index contributed by atoms with van der Waals surface area (Å²) < 4.78 is 0. The number of urea groups is 1. The Balaban J connectivity index is 2.00. The number of nitrogens with zero attached hydrogens (tertiary/aromatic N) is 1. The number of rotatable bonds is 3. The van der Waals surface area contributed by atoms with E-state index in [2.05, 4.69) is 5.32 Å². The van der Waals surface area contributed by atoms with Gasteiger partial charge in [-0.1, -0.05) is 17.7 Å². The lowest BCUT2D eigenvalue weighted by Gasteiger charge is -2.36. The minimum atomic E-state index is -0.368. The molecule has 2 atom stereocenters. The van der Waals surface area contributed by atoms with E-state index in [-0.39, 0.29) is 18.2 Å². The van der Waals surface area contributed by atoms with Crippen molar-refractivity contribution in [1.82, 2.24) is 4.90 Å². The Bertz CT molecular complexity index is 442. The molecule has 1 aliphatic rings. The molecule has 20 heavy (non-hydrogen) atoms. The molecule has 2 amide bonds. The number of anilines is 1. The van der Waals surface area contributed by atoms with Crippen molar-refractivity contribution < 1.29 is 9.90 Å². The van der Waals surface area contributed by atoms with Gasteiger partial charge >= 0.3 is 6.03 Å². The van der Waals surface area contributed by atoms with Gasteiger partial charge in [0.1, 0.15) is 0 Å². The summed E-state index contributed by atoms with van der Waals surface area (Å²) in [4.78, 5) is 14.2. The third-order valence-electron chi connectivity index (χ3n) is 3.80. The van der Waals surface area contributed by atoms with Crippen LogP contribution in [0.25, 0.3) is 0 Å². The molecule has 0 radical (unpaired) electrons. The number of benzene rings is 1. The molecule has 2 N–H and O–H groups in total. The number of hydrogen-bond acceptors (Lipinski definition) is 2. The first-order valence-corrected chi connectivity index (χ1v) is 7.38. The number of likely N-dealkylation sites (tertiary alicyclic amines) is 1. The summed E-state index contributed by atoms with van der Waals surface area (Å²) in [6, 6.07) is 7.90. The molecule has 0 aliphatic carbocycles. The lowest BCUT2D eigenvalue weighted by Crippen LogP contribution is -2.47. The largest absolute Gasteiger partial charge is 0.393 e. The van der Waals surface area contributed by atoms with E-state index < -0.39 is 0 Å². The number of amides is 2. The number of aliphatic hydroxyl groups excluding tert-OH is 1. The van der Waals surface area contributed by atoms with E-state index in [1.165, 1.54) is 5.56 Å². The summed E-state index contributed by atoms with van der Waals surface area (Å²) in [7, 11) is 0. The van der Waals surface area contributed by atoms with Gasteiger partial charge in [-0.05, 0) is 51.7 Å². The van der Waals surface area contributed by atoms with E-state index in [0.717, 1.165) is 31.5 Å². The molecule has 0 bridgehead atoms. The van der Waals surface area contributed by atoms with Crippen molar-refractivity contribution in [2.45, 2.75) is 51.7 Å². The van der Waals surface area contributed by atoms with E-state index in [4.69, 9.17) is 0 Å². The van der Waals surface area contributed by atoms with Crippen molar-refractivity contribution in [2.24, 2.45) is 0 Å². The lowest BCUT2D eigenvalue weighted by molar-refractivity contribution is 0.108. The smallest absolute Gasteiger partial charge is 0.322 e. The van der Waals surface area contributed by atoms with Gasteiger partial charge in [-0.15, -0.1) is 0 Å². The predicted molar refractivity (Wildman–Crippen MR) is 80.8 cm³/mol. The van der Waals surface area contributed by atoms with Crippen molar-refractivity contribution >= 4 is 11.7 Å². The van der Waals surface area contributed by atoms with E-state index in [1.807, 2.05) is 36.1 Å². The zero-order valence-electron chi connectivity index (χ0n) is 12.3. The van der Waals surface area contributed by atoms with Crippen LogP contribution in [0.2, 0.25) is 0 Å². The van der Waals surface area contributed by atoms with Crippen LogP contribution in [0.4, 0.5) is 10.5 Å². The summed E-state index contributed by atoms with van der Waals surface area (Å²) in [5, 5.41) is 12.5. The second-order valence-corrected chi connectivity index (χ2v) is 5.72. The Morgan fingerprint density at radius 3 is 2.75 bits per heavy atom. The summed E-state index contributed by atoms with van der Waals surface area (Å²) in [5.74, 6) is 0. The Kier molecular flexibility index (Phi) is 5.01. The minimum Gasteiger partial charge on any atom is -0.393 e. The number of carbonyl (C=O) groups excluding carboxylic acids is 1. The maximum absolute atomic E-state index is 12.4. The molecule has 1 fully saturated rings. The van der Waals surface area contributed by atoms with Crippen LogP contribution in [-0.4, -0.2) is 34.7 Å². The Labute approximate surface area is 120 Å². The highest BCUT2D eigenvalue weighted by molar-refractivity contribution is 5.89. The normalized spacial score (nSPS) is 20.6. The maximum atomic E-state index is 12.4. The summed E-state index contributed by atoms with van der Waals surface area (Å²) >= 11 is 0. The first-order valence-electron chi connectivity index (χ1n) is 7.38. The van der Waals surface area contributed by atoms with Crippen molar-refractivity contribution in [3.63, 3.8) is 0 Å². The molecule has 1 aliphatic heterocycles. The number of carbonyl (C=O) groups is 1. The molecule has 0 saturated carbocycles. The van der Waals surface area contributed by atoms with Gasteiger partial charge in [0.05, 0.1) is 6.10 Å². The fourth-order valence-corrected chi connectivity index (χ4v) is 2.74. The minimum absolute atomic E-state index is 0.0563. The fourth-order valence-electron chi connectivity index (χ4n) is 2.74. The number of aliphatic hydroxyl groups is 1. The zero-order valence-corrected chi connectivity index (χ0v) is 12.3. The van der Waals surface area contributed by atoms with Gasteiger partial charge < -0.3 is 15.3 Å². The van der Waals surface area contributed by atoms with Crippen molar-refractivity contribution in [3.05, 3.63) is 29.8 Å². The van der Waals surface area contributed by atoms with Crippen LogP contribution in [0.5, 0.6) is 0 Å². The molecular formula is C16H24N2O2. The maximum Gasteiger partial charge on any atom is 0.322 e. The van der Waals surface area contributed by atoms with E-state index in [1.54, 1.807) is 6.92 Å². The Hall–Kier alpha value is -1.55. The van der Waals surface area contributed by atoms with E-state index in [9.17, 15) is 9.90 Å². The van der Waals surface area contributed by atoms with Crippen LogP contribution in [0.15, 0.2) is 24.3 Å². The molecule has 1 saturated heterocycles. The van der Waals surface area contributed by atoms with Gasteiger partial charge in [0, 0.05) is 18.3 Å². The lowest BCUT2D eigenvalue weighted by atomic mass is 9.97. The Morgan fingerprint density at radius 2 is 2.10 bits per heavy atom. The van der Waals surface area contributed by atoms with E-state index >= 15 is 0 Å². The summed E-state index contributed by atoms with van der Waals surface area (Å²) in [6.07, 6.45) is 3.43. The second-order valence-electron chi connectivity index (χ2n) is 5.72. The predicted octanol–water partition coefficient (Wildman–Crippen LogP) is 3.15. The summed E-state index contributed by atoms with van der Waals surface area (Å²) in [6.45, 7) is 4.58. The average Bonchev–Trinajstić information content (AvgIpc) is 2.41. The number of hydrogen-bond donors (Lipinski definition) is 2. The monoisotopic (exact) mass is 276 g/mol. The van der Waals surface area contributed by atoms with Crippen molar-refractivity contribution in [3.8, 4) is 0 Å². The zero-order chi connectivity index (χ0) is 14.5. The van der Waals surface area contributed by atoms with Crippen molar-refractivity contribution in [2.75, 3.05) is 11.9 Å². The number of piperidine rings is 1. The quantitative estimate of drug-likeness (QED) is 0.891. The molecule has 0 aromatic heterocycles. The molecule has 110 valence electrons. The summed E-state index contributed by atoms with van der Waals surface area (Å²) in [5.41, 5.74) is 2.00. The second kappa shape index (κ2) is 6.75. The molecule has 1 aromatic carbocycles. The van der Waals surface area contributed by atoms with Gasteiger partial charge in [0.25, 0.3) is 0 Å². The average molecular weight is 276 g/mol. The van der Waals surface area contributed by atoms with Gasteiger partial charge in [0.2, 0.25) is 0 Å². The molecule has 0 spiro atoms. The van der Waals surface area contributed by atoms with Crippen LogP contribution < -0.4 is 5.32 Å². The van der Waals surface area contributed by atoms with Gasteiger partial charge in [-0.3, -0.25) is 0 Å². The highest BCUT2D eigenvalue weighted by Gasteiger charge is 2.27. The van der Waals surface area contributed by atoms with E-state index in [0.29, 0.717) is 6.42 Å². The van der Waals surface area contributed by atoms with Crippen LogP contribution >= 0.6 is 0 Å². The molecule has 1 aromatic rings. The fraction of sp³-hybridized carbons (Fsp3) is 0.562. The highest BCUT2D eigenvalue weighted by atomic mass is 16.3. The van der Waals surface area contributed by atoms with Crippen LogP contribution in [-0.2, 0) is 0 Å². The van der Waals surface area contributed by atoms with Gasteiger partial charge in [0.15, 0.2) is 0 Å². The molecule has 2 rings (SSSR count). The Morgan fingerprint density at radius 1 is 1.40 bits per heavy atom. The molecule has 1 heterocycles. The molecule has 4 nitrogen and oxygen atoms in total. The standard InChI is InChI=1S/C16H24N2O2/c1-12-6-8-14(9-7-12)17-16(20)18-10-4-3-5-15(18)11-13(2)19/h6-9,13,15,19H,3-5,10-11H2,1-2H3,(H,17,20). The van der Waals surface area contributed by atoms with Gasteiger partial charge in [-0.2, -0.15) is 0 Å². The highest BCUT2D eigenvalue weighted by Crippen LogP contribution is 2.22. The molecular weight excluding hydrogens is 252 g/mol. The topological polar surface area (TPSA) is 52.6 Å². The SMILES string of the molecule is Cc1ccc(NC(=O)N2CCCCC2CC(C)O)cc1.